The molecule has 0 radical (unpaired) electrons. The van der Waals surface area contributed by atoms with Crippen molar-refractivity contribution in [2.45, 2.75) is 44.2 Å². The predicted molar refractivity (Wildman–Crippen MR) is 66.8 cm³/mol. The van der Waals surface area contributed by atoms with Crippen molar-refractivity contribution in [2.75, 3.05) is 0 Å². The minimum Gasteiger partial charge on any atom is -0.310 e. The van der Waals surface area contributed by atoms with Crippen molar-refractivity contribution in [2.24, 2.45) is 10.9 Å². The van der Waals surface area contributed by atoms with Crippen molar-refractivity contribution in [1.82, 2.24) is 10.6 Å². The summed E-state index contributed by atoms with van der Waals surface area (Å²) in [6, 6.07) is 0.508. The molecule has 2 heterocycles. The summed E-state index contributed by atoms with van der Waals surface area (Å²) in [5.74, 6) is 1.15. The van der Waals surface area contributed by atoms with Crippen LogP contribution in [0.1, 0.15) is 32.1 Å². The first-order chi connectivity index (χ1) is 8.22. The smallest absolute Gasteiger partial charge is 0.242 e. The van der Waals surface area contributed by atoms with E-state index in [0.29, 0.717) is 23.0 Å². The molecule has 0 aromatic carbocycles. The van der Waals surface area contributed by atoms with Crippen molar-refractivity contribution in [3.05, 3.63) is 11.9 Å². The van der Waals surface area contributed by atoms with Crippen LogP contribution >= 0.6 is 11.6 Å². The molecule has 1 amide bonds. The highest BCUT2D eigenvalue weighted by Crippen LogP contribution is 2.35. The SMILES string of the molecule is O=C(NC1=CCCC(Cl)=N1)C1NC2CCC1C2. The average molecular weight is 254 g/mol. The van der Waals surface area contributed by atoms with E-state index in [0.717, 1.165) is 19.3 Å². The topological polar surface area (TPSA) is 53.5 Å². The minimum atomic E-state index is -0.0365. The zero-order valence-corrected chi connectivity index (χ0v) is 10.3. The summed E-state index contributed by atoms with van der Waals surface area (Å²) in [5, 5.41) is 6.81. The second kappa shape index (κ2) is 4.42. The first kappa shape index (κ1) is 11.2. The quantitative estimate of drug-likeness (QED) is 0.784. The van der Waals surface area contributed by atoms with Crippen LogP contribution in [0.2, 0.25) is 0 Å². The predicted octanol–water partition coefficient (Wildman–Crippen LogP) is 1.52. The van der Waals surface area contributed by atoms with E-state index in [1.54, 1.807) is 0 Å². The number of piperidine rings is 1. The number of hydrogen-bond donors (Lipinski definition) is 2. The molecule has 2 bridgehead atoms. The maximum absolute atomic E-state index is 12.1. The Morgan fingerprint density at radius 1 is 1.53 bits per heavy atom. The number of hydrogen-bond acceptors (Lipinski definition) is 3. The van der Waals surface area contributed by atoms with E-state index in [2.05, 4.69) is 15.6 Å². The van der Waals surface area contributed by atoms with E-state index >= 15 is 0 Å². The third-order valence-electron chi connectivity index (χ3n) is 3.82. The van der Waals surface area contributed by atoms with Gasteiger partial charge in [-0.15, -0.1) is 0 Å². The highest BCUT2D eigenvalue weighted by Gasteiger charge is 2.42. The molecule has 92 valence electrons. The van der Waals surface area contributed by atoms with Gasteiger partial charge in [-0.2, -0.15) is 0 Å². The van der Waals surface area contributed by atoms with Gasteiger partial charge in [-0.05, 0) is 37.7 Å². The Labute approximate surface area is 106 Å². The van der Waals surface area contributed by atoms with Crippen LogP contribution in [-0.4, -0.2) is 23.2 Å². The van der Waals surface area contributed by atoms with Crippen LogP contribution in [0.4, 0.5) is 0 Å². The van der Waals surface area contributed by atoms with E-state index in [-0.39, 0.29) is 11.9 Å². The zero-order chi connectivity index (χ0) is 11.8. The number of nitrogens with zero attached hydrogens (tertiary/aromatic N) is 1. The van der Waals surface area contributed by atoms with Gasteiger partial charge in [0.15, 0.2) is 0 Å². The first-order valence-electron chi connectivity index (χ1n) is 6.22. The lowest BCUT2D eigenvalue weighted by molar-refractivity contribution is -0.123. The number of amides is 1. The van der Waals surface area contributed by atoms with Crippen LogP contribution in [0.25, 0.3) is 0 Å². The Morgan fingerprint density at radius 3 is 3.06 bits per heavy atom. The molecule has 3 aliphatic rings. The number of aliphatic imine (C=N–C) groups is 1. The van der Waals surface area contributed by atoms with Gasteiger partial charge in [0.2, 0.25) is 5.91 Å². The molecule has 0 aromatic heterocycles. The highest BCUT2D eigenvalue weighted by atomic mass is 35.5. The molecule has 0 spiro atoms. The van der Waals surface area contributed by atoms with Crippen molar-refractivity contribution in [1.29, 1.82) is 0 Å². The largest absolute Gasteiger partial charge is 0.310 e. The summed E-state index contributed by atoms with van der Waals surface area (Å²) in [7, 11) is 0. The minimum absolute atomic E-state index is 0.0365. The number of rotatable bonds is 2. The van der Waals surface area contributed by atoms with Gasteiger partial charge >= 0.3 is 0 Å². The van der Waals surface area contributed by atoms with E-state index in [1.807, 2.05) is 6.08 Å². The molecule has 1 saturated carbocycles. The molecule has 3 unspecified atom stereocenters. The summed E-state index contributed by atoms with van der Waals surface area (Å²) in [5.41, 5.74) is 0. The fourth-order valence-corrected chi connectivity index (χ4v) is 3.19. The van der Waals surface area contributed by atoms with E-state index in [4.69, 9.17) is 11.6 Å². The maximum Gasteiger partial charge on any atom is 0.242 e. The van der Waals surface area contributed by atoms with Crippen LogP contribution in [0.5, 0.6) is 0 Å². The van der Waals surface area contributed by atoms with Crippen molar-refractivity contribution >= 4 is 22.7 Å². The zero-order valence-electron chi connectivity index (χ0n) is 9.58. The van der Waals surface area contributed by atoms with Gasteiger partial charge in [-0.1, -0.05) is 11.6 Å². The second-order valence-electron chi connectivity index (χ2n) is 5.02. The molecule has 1 aliphatic carbocycles. The van der Waals surface area contributed by atoms with Gasteiger partial charge in [0.25, 0.3) is 0 Å². The van der Waals surface area contributed by atoms with Gasteiger partial charge in [0.05, 0.1) is 6.04 Å². The molecular weight excluding hydrogens is 238 g/mol. The fourth-order valence-electron chi connectivity index (χ4n) is 2.99. The standard InChI is InChI=1S/C12H16ClN3O/c13-9-2-1-3-10(15-9)16-12(17)11-7-4-5-8(6-7)14-11/h3,7-8,11,14H,1-2,4-6H2,(H,16,17). The molecular formula is C12H16ClN3O. The summed E-state index contributed by atoms with van der Waals surface area (Å²) in [6.45, 7) is 0. The number of nitrogens with one attached hydrogen (secondary N) is 2. The van der Waals surface area contributed by atoms with E-state index in [9.17, 15) is 4.79 Å². The summed E-state index contributed by atoms with van der Waals surface area (Å²) < 4.78 is 0. The summed E-state index contributed by atoms with van der Waals surface area (Å²) in [4.78, 5) is 16.2. The Bertz CT molecular complexity index is 405. The number of halogens is 1. The Morgan fingerprint density at radius 2 is 2.41 bits per heavy atom. The first-order valence-corrected chi connectivity index (χ1v) is 6.60. The molecule has 4 nitrogen and oxygen atoms in total. The number of fused-ring (bicyclic) bond motifs is 2. The van der Waals surface area contributed by atoms with Crippen LogP contribution in [0.15, 0.2) is 16.9 Å². The van der Waals surface area contributed by atoms with Gasteiger partial charge in [-0.3, -0.25) is 4.79 Å². The monoisotopic (exact) mass is 253 g/mol. The summed E-state index contributed by atoms with van der Waals surface area (Å²) >= 11 is 5.86. The molecule has 3 atom stereocenters. The third-order valence-corrected chi connectivity index (χ3v) is 4.10. The third kappa shape index (κ3) is 2.24. The highest BCUT2D eigenvalue weighted by molar-refractivity contribution is 6.65. The molecule has 0 aromatic rings. The normalized spacial score (nSPS) is 35.5. The van der Waals surface area contributed by atoms with E-state index in [1.165, 1.54) is 12.8 Å². The number of carbonyl (C=O) groups excluding carboxylic acids is 1. The molecule has 2 N–H and O–H groups in total. The van der Waals surface area contributed by atoms with Crippen molar-refractivity contribution in [3.8, 4) is 0 Å². The van der Waals surface area contributed by atoms with Gasteiger partial charge in [-0.25, -0.2) is 4.99 Å². The molecule has 5 heteroatoms. The van der Waals surface area contributed by atoms with Gasteiger partial charge in [0.1, 0.15) is 11.0 Å². The summed E-state index contributed by atoms with van der Waals surface area (Å²) in [6.07, 6.45) is 7.06. The van der Waals surface area contributed by atoms with E-state index < -0.39 is 0 Å². The van der Waals surface area contributed by atoms with Crippen molar-refractivity contribution < 1.29 is 4.79 Å². The molecule has 3 rings (SSSR count). The van der Waals surface area contributed by atoms with Crippen LogP contribution in [-0.2, 0) is 4.79 Å². The van der Waals surface area contributed by atoms with Crippen molar-refractivity contribution in [3.63, 3.8) is 0 Å². The fraction of sp³-hybridized carbons (Fsp3) is 0.667. The lowest BCUT2D eigenvalue weighted by atomic mass is 9.99. The molecule has 1 saturated heterocycles. The molecule has 2 aliphatic heterocycles. The average Bonchev–Trinajstić information content (AvgIpc) is 2.90. The lowest BCUT2D eigenvalue weighted by Crippen LogP contribution is -2.47. The number of allylic oxidation sites excluding steroid dienone is 1. The van der Waals surface area contributed by atoms with Crippen LogP contribution in [0, 0.1) is 5.92 Å². The Kier molecular flexibility index (Phi) is 2.92. The van der Waals surface area contributed by atoms with Crippen LogP contribution < -0.4 is 10.6 Å². The van der Waals surface area contributed by atoms with Gasteiger partial charge in [0, 0.05) is 12.5 Å². The molecule has 2 fully saturated rings. The molecule has 17 heavy (non-hydrogen) atoms. The second-order valence-corrected chi connectivity index (χ2v) is 5.46. The number of carbonyl (C=O) groups is 1. The van der Waals surface area contributed by atoms with Crippen LogP contribution in [0.3, 0.4) is 0 Å². The lowest BCUT2D eigenvalue weighted by Gasteiger charge is -2.22. The maximum atomic E-state index is 12.1. The van der Waals surface area contributed by atoms with Gasteiger partial charge < -0.3 is 10.6 Å². The Balaban J connectivity index is 1.62. The Hall–Kier alpha value is -0.870.